The Labute approximate surface area is 143 Å². The van der Waals surface area contributed by atoms with E-state index in [9.17, 15) is 17.8 Å². The molecule has 25 heavy (non-hydrogen) atoms. The lowest BCUT2D eigenvalue weighted by atomic mass is 10.3. The van der Waals surface area contributed by atoms with Gasteiger partial charge in [0, 0.05) is 5.69 Å². The summed E-state index contributed by atoms with van der Waals surface area (Å²) >= 11 is 0. The molecule has 0 radical (unpaired) electrons. The molecule has 0 aliphatic heterocycles. The van der Waals surface area contributed by atoms with Gasteiger partial charge in [-0.05, 0) is 54.6 Å². The molecular weight excluding hydrogens is 369 g/mol. The molecule has 0 aliphatic rings. The summed E-state index contributed by atoms with van der Waals surface area (Å²) in [6.45, 7) is 3.32. The van der Waals surface area contributed by atoms with Gasteiger partial charge in [0.2, 0.25) is 15.7 Å². The average molecular weight is 383 g/mol. The maximum absolute atomic E-state index is 12.5. The monoisotopic (exact) mass is 383 g/mol. The summed E-state index contributed by atoms with van der Waals surface area (Å²) in [4.78, 5) is 28.6. The van der Waals surface area contributed by atoms with Gasteiger partial charge in [-0.25, -0.2) is 13.0 Å². The number of nitrogens with one attached hydrogen (secondary N) is 1. The van der Waals surface area contributed by atoms with E-state index < -0.39 is 23.6 Å². The van der Waals surface area contributed by atoms with Gasteiger partial charge in [0.1, 0.15) is 5.75 Å². The van der Waals surface area contributed by atoms with E-state index in [1.165, 1.54) is 36.4 Å². The Morgan fingerprint density at radius 3 is 1.96 bits per heavy atom. The van der Waals surface area contributed by atoms with Gasteiger partial charge in [0.05, 0.1) is 9.79 Å². The smallest absolute Gasteiger partial charge is 0.404 e. The first kappa shape index (κ1) is 18.9. The molecule has 0 saturated heterocycles. The zero-order valence-corrected chi connectivity index (χ0v) is 14.4. The van der Waals surface area contributed by atoms with Gasteiger partial charge in [-0.15, -0.1) is 0 Å². The fourth-order valence-electron chi connectivity index (χ4n) is 1.86. The second kappa shape index (κ2) is 7.20. The van der Waals surface area contributed by atoms with Crippen molar-refractivity contribution in [3.63, 3.8) is 0 Å². The number of phosphoric acid groups is 1. The number of hydrogen-bond acceptors (Lipinski definition) is 5. The van der Waals surface area contributed by atoms with Crippen LogP contribution in [0.15, 0.2) is 71.0 Å². The van der Waals surface area contributed by atoms with E-state index in [4.69, 9.17) is 9.79 Å². The highest BCUT2D eigenvalue weighted by molar-refractivity contribution is 7.91. The van der Waals surface area contributed by atoms with E-state index in [-0.39, 0.29) is 15.5 Å². The first-order chi connectivity index (χ1) is 11.6. The Bertz CT molecular complexity index is 931. The Morgan fingerprint density at radius 1 is 1.04 bits per heavy atom. The topological polar surface area (TPSA) is 130 Å². The zero-order valence-electron chi connectivity index (χ0n) is 12.7. The maximum atomic E-state index is 12.5. The Morgan fingerprint density at radius 2 is 1.52 bits per heavy atom. The lowest BCUT2D eigenvalue weighted by Gasteiger charge is -2.09. The Kier molecular flexibility index (Phi) is 5.44. The van der Waals surface area contributed by atoms with Crippen LogP contribution < -0.4 is 9.84 Å². The van der Waals surface area contributed by atoms with Crippen LogP contribution in [-0.2, 0) is 19.2 Å². The molecule has 0 aliphatic carbocycles. The number of rotatable bonds is 6. The van der Waals surface area contributed by atoms with Gasteiger partial charge in [-0.3, -0.25) is 14.6 Å². The second-order valence-electron chi connectivity index (χ2n) is 4.77. The molecule has 0 bridgehead atoms. The summed E-state index contributed by atoms with van der Waals surface area (Å²) in [5.41, 5.74) is 0.411. The van der Waals surface area contributed by atoms with Gasteiger partial charge >= 0.3 is 7.82 Å². The van der Waals surface area contributed by atoms with Crippen LogP contribution in [-0.4, -0.2) is 24.1 Å². The molecule has 0 saturated carbocycles. The molecule has 10 heteroatoms. The summed E-state index contributed by atoms with van der Waals surface area (Å²) in [5.74, 6) is -0.578. The minimum atomic E-state index is -4.71. The molecule has 0 unspecified atom stereocenters. The van der Waals surface area contributed by atoms with Crippen LogP contribution in [0.25, 0.3) is 0 Å². The third-order valence-corrected chi connectivity index (χ3v) is 5.21. The predicted molar refractivity (Wildman–Crippen MR) is 89.8 cm³/mol. The van der Waals surface area contributed by atoms with Gasteiger partial charge in [0.15, 0.2) is 0 Å². The number of sulfone groups is 1. The van der Waals surface area contributed by atoms with Crippen LogP contribution in [0.4, 0.5) is 5.69 Å². The van der Waals surface area contributed by atoms with Crippen molar-refractivity contribution < 1.29 is 32.1 Å². The Hall–Kier alpha value is -2.45. The number of carbonyl (C=O) groups is 1. The van der Waals surface area contributed by atoms with Gasteiger partial charge in [-0.1, -0.05) is 6.58 Å². The number of hydrogen-bond donors (Lipinski definition) is 3. The van der Waals surface area contributed by atoms with Crippen LogP contribution in [0.1, 0.15) is 0 Å². The van der Waals surface area contributed by atoms with Crippen LogP contribution in [0, 0.1) is 0 Å². The molecule has 0 heterocycles. The largest absolute Gasteiger partial charge is 0.524 e. The highest BCUT2D eigenvalue weighted by atomic mass is 32.2. The summed E-state index contributed by atoms with van der Waals surface area (Å²) in [6.07, 6.45) is 1.09. The lowest BCUT2D eigenvalue weighted by Crippen LogP contribution is -2.07. The quantitative estimate of drug-likeness (QED) is 0.514. The minimum Gasteiger partial charge on any atom is -0.404 e. The lowest BCUT2D eigenvalue weighted by molar-refractivity contribution is -0.111. The summed E-state index contributed by atoms with van der Waals surface area (Å²) in [7, 11) is -8.55. The van der Waals surface area contributed by atoms with Crippen molar-refractivity contribution in [2.45, 2.75) is 9.79 Å². The van der Waals surface area contributed by atoms with Crippen LogP contribution >= 0.6 is 7.82 Å². The first-order valence-electron chi connectivity index (χ1n) is 6.75. The Balaban J connectivity index is 2.24. The second-order valence-corrected chi connectivity index (χ2v) is 7.89. The zero-order chi connectivity index (χ0) is 18.7. The highest BCUT2D eigenvalue weighted by Gasteiger charge is 2.20. The van der Waals surface area contributed by atoms with Crippen molar-refractivity contribution in [2.24, 2.45) is 0 Å². The third-order valence-electron chi connectivity index (χ3n) is 2.98. The maximum Gasteiger partial charge on any atom is 0.524 e. The van der Waals surface area contributed by atoms with Gasteiger partial charge in [0.25, 0.3) is 0 Å². The summed E-state index contributed by atoms with van der Waals surface area (Å²) < 4.78 is 40.2. The molecule has 0 aromatic heterocycles. The molecule has 8 nitrogen and oxygen atoms in total. The van der Waals surface area contributed by atoms with Gasteiger partial charge < -0.3 is 9.84 Å². The standard InChI is InChI=1S/C15H14NO7PS/c1-2-15(17)16-11-3-7-13(8-4-11)25(21,22)14-9-5-12(6-10-14)23-24(18,19)20/h2-10H,1H2,(H,16,17)(H2,18,19,20). The molecule has 0 spiro atoms. The van der Waals surface area contributed by atoms with Crippen molar-refractivity contribution in [1.82, 2.24) is 0 Å². The van der Waals surface area contributed by atoms with E-state index in [1.54, 1.807) is 0 Å². The molecule has 0 fully saturated rings. The number of anilines is 1. The fourth-order valence-corrected chi connectivity index (χ4v) is 3.52. The first-order valence-corrected chi connectivity index (χ1v) is 9.77. The molecule has 2 rings (SSSR count). The van der Waals surface area contributed by atoms with Gasteiger partial charge in [-0.2, -0.15) is 0 Å². The van der Waals surface area contributed by atoms with E-state index in [0.717, 1.165) is 18.2 Å². The SMILES string of the molecule is C=CC(=O)Nc1ccc(S(=O)(=O)c2ccc(OP(=O)(O)O)cc2)cc1. The van der Waals surface area contributed by atoms with E-state index in [0.29, 0.717) is 5.69 Å². The van der Waals surface area contributed by atoms with E-state index >= 15 is 0 Å². The van der Waals surface area contributed by atoms with Crippen LogP contribution in [0.3, 0.4) is 0 Å². The minimum absolute atomic E-state index is 0.00671. The molecule has 2 aromatic rings. The van der Waals surface area contributed by atoms with Crippen molar-refractivity contribution in [2.75, 3.05) is 5.32 Å². The molecular formula is C15H14NO7PS. The van der Waals surface area contributed by atoms with Crippen LogP contribution in [0.2, 0.25) is 0 Å². The van der Waals surface area contributed by atoms with E-state index in [1.807, 2.05) is 0 Å². The molecule has 0 atom stereocenters. The number of benzene rings is 2. The summed E-state index contributed by atoms with van der Waals surface area (Å²) in [5, 5.41) is 2.50. The number of amides is 1. The third kappa shape index (κ3) is 5.01. The van der Waals surface area contributed by atoms with Crippen molar-refractivity contribution in [3.05, 3.63) is 61.2 Å². The van der Waals surface area contributed by atoms with Crippen molar-refractivity contribution in [3.8, 4) is 5.75 Å². The molecule has 3 N–H and O–H groups in total. The highest BCUT2D eigenvalue weighted by Crippen LogP contribution is 2.37. The van der Waals surface area contributed by atoms with Crippen molar-refractivity contribution >= 4 is 29.3 Å². The molecule has 2 aromatic carbocycles. The predicted octanol–water partition coefficient (Wildman–Crippen LogP) is 2.12. The molecule has 1 amide bonds. The van der Waals surface area contributed by atoms with Crippen molar-refractivity contribution in [1.29, 1.82) is 0 Å². The normalized spacial score (nSPS) is 11.6. The number of phosphoric ester groups is 1. The summed E-state index contributed by atoms with van der Waals surface area (Å²) in [6, 6.07) is 10.2. The van der Waals surface area contributed by atoms with Crippen LogP contribution in [0.5, 0.6) is 5.75 Å². The average Bonchev–Trinajstić information content (AvgIpc) is 2.54. The number of carbonyl (C=O) groups excluding carboxylic acids is 1. The fraction of sp³-hybridized carbons (Fsp3) is 0. The van der Waals surface area contributed by atoms with E-state index in [2.05, 4.69) is 16.4 Å². The molecule has 132 valence electrons.